The topological polar surface area (TPSA) is 57.5 Å². The molecule has 0 aromatic carbocycles. The van der Waals surface area contributed by atoms with Crippen molar-refractivity contribution in [1.29, 1.82) is 0 Å². The SMILES string of the molecule is C=C(C(=O)O)C1(O)CCCCCCC1. The van der Waals surface area contributed by atoms with Crippen LogP contribution in [0.5, 0.6) is 0 Å². The molecule has 1 fully saturated rings. The van der Waals surface area contributed by atoms with Gasteiger partial charge in [0.1, 0.15) is 0 Å². The molecule has 0 bridgehead atoms. The van der Waals surface area contributed by atoms with Gasteiger partial charge in [-0.05, 0) is 12.8 Å². The fourth-order valence-corrected chi connectivity index (χ4v) is 1.99. The maximum atomic E-state index is 10.7. The van der Waals surface area contributed by atoms with Crippen molar-refractivity contribution < 1.29 is 15.0 Å². The number of rotatable bonds is 2. The lowest BCUT2D eigenvalue weighted by Gasteiger charge is -2.30. The van der Waals surface area contributed by atoms with Gasteiger partial charge in [-0.2, -0.15) is 0 Å². The summed E-state index contributed by atoms with van der Waals surface area (Å²) in [5, 5.41) is 18.9. The summed E-state index contributed by atoms with van der Waals surface area (Å²) in [7, 11) is 0. The van der Waals surface area contributed by atoms with E-state index in [4.69, 9.17) is 5.11 Å². The molecule has 3 heteroatoms. The van der Waals surface area contributed by atoms with Crippen molar-refractivity contribution in [3.05, 3.63) is 12.2 Å². The van der Waals surface area contributed by atoms with E-state index in [1.54, 1.807) is 0 Å². The molecule has 0 spiro atoms. The molecule has 2 N–H and O–H groups in total. The normalized spacial score (nSPS) is 22.1. The van der Waals surface area contributed by atoms with Crippen molar-refractivity contribution in [3.8, 4) is 0 Å². The predicted molar refractivity (Wildman–Crippen MR) is 54.0 cm³/mol. The molecular weight excluding hydrogens is 180 g/mol. The van der Waals surface area contributed by atoms with Crippen molar-refractivity contribution >= 4 is 5.97 Å². The van der Waals surface area contributed by atoms with E-state index in [0.29, 0.717) is 12.8 Å². The van der Waals surface area contributed by atoms with Gasteiger partial charge in [-0.1, -0.05) is 38.7 Å². The van der Waals surface area contributed by atoms with Crippen LogP contribution in [-0.2, 0) is 4.79 Å². The monoisotopic (exact) mass is 198 g/mol. The van der Waals surface area contributed by atoms with E-state index < -0.39 is 11.6 Å². The smallest absolute Gasteiger partial charge is 0.333 e. The lowest BCUT2D eigenvalue weighted by molar-refractivity contribution is -0.135. The molecule has 14 heavy (non-hydrogen) atoms. The van der Waals surface area contributed by atoms with Crippen molar-refractivity contribution in [3.63, 3.8) is 0 Å². The average molecular weight is 198 g/mol. The van der Waals surface area contributed by atoms with E-state index in [9.17, 15) is 9.90 Å². The Labute approximate surface area is 84.4 Å². The molecule has 0 amide bonds. The van der Waals surface area contributed by atoms with Gasteiger partial charge in [-0.15, -0.1) is 0 Å². The first-order valence-corrected chi connectivity index (χ1v) is 5.21. The predicted octanol–water partition coefficient (Wildman–Crippen LogP) is 2.10. The van der Waals surface area contributed by atoms with Crippen LogP contribution in [0.4, 0.5) is 0 Å². The number of hydrogen-bond donors (Lipinski definition) is 2. The van der Waals surface area contributed by atoms with E-state index in [1.807, 2.05) is 0 Å². The number of aliphatic carboxylic acids is 1. The lowest BCUT2D eigenvalue weighted by Crippen LogP contribution is -2.35. The third kappa shape index (κ3) is 2.58. The molecule has 0 saturated heterocycles. The Morgan fingerprint density at radius 1 is 1.07 bits per heavy atom. The minimum atomic E-state index is -1.16. The molecule has 0 aliphatic heterocycles. The molecule has 80 valence electrons. The van der Waals surface area contributed by atoms with Gasteiger partial charge in [-0.3, -0.25) is 0 Å². The van der Waals surface area contributed by atoms with Gasteiger partial charge in [0, 0.05) is 0 Å². The largest absolute Gasteiger partial charge is 0.478 e. The minimum absolute atomic E-state index is 0.0422. The Bertz CT molecular complexity index is 225. The highest BCUT2D eigenvalue weighted by atomic mass is 16.4. The summed E-state index contributed by atoms with van der Waals surface area (Å²) in [5.41, 5.74) is -1.20. The summed E-state index contributed by atoms with van der Waals surface area (Å²) in [6.45, 7) is 3.47. The first-order chi connectivity index (χ1) is 6.56. The van der Waals surface area contributed by atoms with Gasteiger partial charge < -0.3 is 10.2 Å². The van der Waals surface area contributed by atoms with Crippen LogP contribution in [-0.4, -0.2) is 21.8 Å². The second kappa shape index (κ2) is 4.60. The van der Waals surface area contributed by atoms with Crippen LogP contribution in [0.3, 0.4) is 0 Å². The van der Waals surface area contributed by atoms with Crippen LogP contribution >= 0.6 is 0 Å². The zero-order valence-corrected chi connectivity index (χ0v) is 8.46. The molecule has 0 radical (unpaired) electrons. The molecule has 0 unspecified atom stereocenters. The number of hydrogen-bond acceptors (Lipinski definition) is 2. The standard InChI is InChI=1S/C11H18O3/c1-9(10(12)13)11(14)7-5-3-2-4-6-8-11/h14H,1-8H2,(H,12,13). The van der Waals surface area contributed by atoms with Crippen LogP contribution < -0.4 is 0 Å². The zero-order chi connectivity index (χ0) is 10.6. The van der Waals surface area contributed by atoms with E-state index in [0.717, 1.165) is 25.7 Å². The molecule has 0 aromatic rings. The summed E-state index contributed by atoms with van der Waals surface area (Å²) in [4.78, 5) is 10.7. The number of carboxylic acids is 1. The zero-order valence-electron chi connectivity index (χ0n) is 8.46. The van der Waals surface area contributed by atoms with Crippen LogP contribution in [0, 0.1) is 0 Å². The van der Waals surface area contributed by atoms with E-state index in [2.05, 4.69) is 6.58 Å². The summed E-state index contributed by atoms with van der Waals surface area (Å²) in [6, 6.07) is 0. The van der Waals surface area contributed by atoms with Crippen LogP contribution in [0.1, 0.15) is 44.9 Å². The molecule has 0 atom stereocenters. The second-order valence-corrected chi connectivity index (χ2v) is 4.08. The van der Waals surface area contributed by atoms with Crippen LogP contribution in [0.25, 0.3) is 0 Å². The Morgan fingerprint density at radius 3 is 1.93 bits per heavy atom. The van der Waals surface area contributed by atoms with Gasteiger partial charge in [0.15, 0.2) is 0 Å². The van der Waals surface area contributed by atoms with Gasteiger partial charge >= 0.3 is 5.97 Å². The van der Waals surface area contributed by atoms with E-state index >= 15 is 0 Å². The first-order valence-electron chi connectivity index (χ1n) is 5.21. The Balaban J connectivity index is 2.68. The lowest BCUT2D eigenvalue weighted by atomic mass is 9.82. The molecule has 0 heterocycles. The van der Waals surface area contributed by atoms with Gasteiger partial charge in [-0.25, -0.2) is 4.79 Å². The Kier molecular flexibility index (Phi) is 3.69. The highest BCUT2D eigenvalue weighted by Gasteiger charge is 2.33. The van der Waals surface area contributed by atoms with E-state index in [1.165, 1.54) is 6.42 Å². The summed E-state index contributed by atoms with van der Waals surface area (Å²) in [6.07, 6.45) is 6.21. The van der Waals surface area contributed by atoms with Gasteiger partial charge in [0.05, 0.1) is 11.2 Å². The molecule has 1 aliphatic rings. The van der Waals surface area contributed by atoms with Crippen molar-refractivity contribution in [2.24, 2.45) is 0 Å². The molecule has 1 aliphatic carbocycles. The summed E-state index contributed by atoms with van der Waals surface area (Å²) >= 11 is 0. The Hall–Kier alpha value is -0.830. The molecule has 3 nitrogen and oxygen atoms in total. The molecule has 0 aromatic heterocycles. The van der Waals surface area contributed by atoms with Gasteiger partial charge in [0.25, 0.3) is 0 Å². The third-order valence-electron chi connectivity index (χ3n) is 3.00. The fourth-order valence-electron chi connectivity index (χ4n) is 1.99. The molecule has 1 saturated carbocycles. The van der Waals surface area contributed by atoms with Crippen molar-refractivity contribution in [2.75, 3.05) is 0 Å². The maximum Gasteiger partial charge on any atom is 0.333 e. The van der Waals surface area contributed by atoms with E-state index in [-0.39, 0.29) is 5.57 Å². The molecular formula is C11H18O3. The third-order valence-corrected chi connectivity index (χ3v) is 3.00. The van der Waals surface area contributed by atoms with Crippen LogP contribution in [0.15, 0.2) is 12.2 Å². The maximum absolute atomic E-state index is 10.7. The quantitative estimate of drug-likeness (QED) is 0.668. The van der Waals surface area contributed by atoms with Crippen LogP contribution in [0.2, 0.25) is 0 Å². The summed E-state index contributed by atoms with van der Waals surface area (Å²) < 4.78 is 0. The second-order valence-electron chi connectivity index (χ2n) is 4.08. The first kappa shape index (κ1) is 11.2. The highest BCUT2D eigenvalue weighted by Crippen LogP contribution is 2.31. The molecule has 1 rings (SSSR count). The fraction of sp³-hybridized carbons (Fsp3) is 0.727. The Morgan fingerprint density at radius 2 is 1.50 bits per heavy atom. The number of aliphatic hydroxyl groups is 1. The number of carboxylic acid groups (broad SMARTS) is 1. The summed E-state index contributed by atoms with van der Waals surface area (Å²) in [5.74, 6) is -1.08. The average Bonchev–Trinajstić information content (AvgIpc) is 2.10. The van der Waals surface area contributed by atoms with Crippen molar-refractivity contribution in [1.82, 2.24) is 0 Å². The highest BCUT2D eigenvalue weighted by molar-refractivity contribution is 5.88. The van der Waals surface area contributed by atoms with Crippen molar-refractivity contribution in [2.45, 2.75) is 50.5 Å². The minimum Gasteiger partial charge on any atom is -0.478 e. The number of carbonyl (C=O) groups is 1. The van der Waals surface area contributed by atoms with Gasteiger partial charge in [0.2, 0.25) is 0 Å².